The van der Waals surface area contributed by atoms with E-state index in [4.69, 9.17) is 9.15 Å². The van der Waals surface area contributed by atoms with Gasteiger partial charge < -0.3 is 14.3 Å². The molecule has 0 amide bonds. The van der Waals surface area contributed by atoms with Gasteiger partial charge >= 0.3 is 11.6 Å². The van der Waals surface area contributed by atoms with Crippen LogP contribution in [0.4, 0.5) is 0 Å². The van der Waals surface area contributed by atoms with Crippen LogP contribution in [-0.4, -0.2) is 18.2 Å². The molecule has 0 fully saturated rings. The summed E-state index contributed by atoms with van der Waals surface area (Å²) in [5.74, 6) is -1.30. The largest absolute Gasteiger partial charge is 0.507 e. The standard InChI is InChI=1S/C19H16O5/c1-23-16(20)11-14(12-7-3-2-4-8-12)17-18(21)13-9-5-6-10-15(13)24-19(17)22/h2-10,14,21H,11H2,1H3. The first-order valence-electron chi connectivity index (χ1n) is 7.48. The predicted molar refractivity (Wildman–Crippen MR) is 89.1 cm³/mol. The zero-order chi connectivity index (χ0) is 17.1. The molecule has 0 saturated carbocycles. The Hall–Kier alpha value is -3.08. The van der Waals surface area contributed by atoms with Crippen molar-refractivity contribution in [2.45, 2.75) is 12.3 Å². The quantitative estimate of drug-likeness (QED) is 0.589. The molecule has 1 unspecified atom stereocenters. The Morgan fingerprint density at radius 3 is 2.50 bits per heavy atom. The van der Waals surface area contributed by atoms with Crippen LogP contribution in [0.5, 0.6) is 5.75 Å². The third-order valence-corrected chi connectivity index (χ3v) is 3.97. The van der Waals surface area contributed by atoms with Gasteiger partial charge in [0.2, 0.25) is 0 Å². The molecule has 5 nitrogen and oxygen atoms in total. The van der Waals surface area contributed by atoms with Gasteiger partial charge in [0.1, 0.15) is 11.3 Å². The normalized spacial score (nSPS) is 12.0. The molecule has 2 aromatic carbocycles. The third-order valence-electron chi connectivity index (χ3n) is 3.97. The first-order chi connectivity index (χ1) is 11.6. The molecule has 1 heterocycles. The van der Waals surface area contributed by atoms with Crippen LogP contribution in [0.15, 0.2) is 63.8 Å². The Morgan fingerprint density at radius 2 is 1.79 bits per heavy atom. The molecule has 0 aliphatic carbocycles. The first kappa shape index (κ1) is 15.8. The molecule has 1 atom stereocenters. The third kappa shape index (κ3) is 2.88. The zero-order valence-corrected chi connectivity index (χ0v) is 13.1. The van der Waals surface area contributed by atoms with E-state index in [9.17, 15) is 14.7 Å². The molecule has 122 valence electrons. The number of fused-ring (bicyclic) bond motifs is 1. The van der Waals surface area contributed by atoms with Crippen molar-refractivity contribution in [3.8, 4) is 5.75 Å². The molecule has 0 saturated heterocycles. The number of benzene rings is 2. The number of hydrogen-bond donors (Lipinski definition) is 1. The molecule has 0 aliphatic rings. The van der Waals surface area contributed by atoms with E-state index in [1.54, 1.807) is 48.5 Å². The van der Waals surface area contributed by atoms with E-state index >= 15 is 0 Å². The summed E-state index contributed by atoms with van der Waals surface area (Å²) in [5.41, 5.74) is 0.420. The van der Waals surface area contributed by atoms with Crippen LogP contribution in [0.3, 0.4) is 0 Å². The maximum absolute atomic E-state index is 12.5. The van der Waals surface area contributed by atoms with Gasteiger partial charge in [-0.3, -0.25) is 4.79 Å². The second-order valence-corrected chi connectivity index (χ2v) is 5.39. The molecule has 1 N–H and O–H groups in total. The zero-order valence-electron chi connectivity index (χ0n) is 13.1. The van der Waals surface area contributed by atoms with Crippen LogP contribution in [0.2, 0.25) is 0 Å². The van der Waals surface area contributed by atoms with Gasteiger partial charge in [-0.1, -0.05) is 42.5 Å². The fraction of sp³-hybridized carbons (Fsp3) is 0.158. The predicted octanol–water partition coefficient (Wildman–Crippen LogP) is 3.19. The molecule has 0 spiro atoms. The topological polar surface area (TPSA) is 76.7 Å². The van der Waals surface area contributed by atoms with Gasteiger partial charge in [-0.05, 0) is 17.7 Å². The molecular weight excluding hydrogens is 308 g/mol. The lowest BCUT2D eigenvalue weighted by Crippen LogP contribution is -2.18. The molecule has 0 aliphatic heterocycles. The van der Waals surface area contributed by atoms with Gasteiger partial charge in [-0.25, -0.2) is 4.79 Å². The summed E-state index contributed by atoms with van der Waals surface area (Å²) in [6.07, 6.45) is -0.0722. The van der Waals surface area contributed by atoms with Crippen molar-refractivity contribution >= 4 is 16.9 Å². The average Bonchev–Trinajstić information content (AvgIpc) is 2.61. The lowest BCUT2D eigenvalue weighted by atomic mass is 9.88. The van der Waals surface area contributed by atoms with E-state index in [1.165, 1.54) is 7.11 Å². The van der Waals surface area contributed by atoms with Gasteiger partial charge in [0.25, 0.3) is 0 Å². The number of carbonyl (C=O) groups excluding carboxylic acids is 1. The molecular formula is C19H16O5. The Balaban J connectivity index is 2.23. The first-order valence-corrected chi connectivity index (χ1v) is 7.48. The van der Waals surface area contributed by atoms with Crippen LogP contribution >= 0.6 is 0 Å². The molecule has 3 rings (SSSR count). The van der Waals surface area contributed by atoms with Crippen molar-refractivity contribution in [2.75, 3.05) is 7.11 Å². The number of rotatable bonds is 4. The fourth-order valence-corrected chi connectivity index (χ4v) is 2.78. The average molecular weight is 324 g/mol. The highest BCUT2D eigenvalue weighted by Crippen LogP contribution is 2.36. The summed E-state index contributed by atoms with van der Waals surface area (Å²) in [5, 5.41) is 11.1. The molecule has 0 radical (unpaired) electrons. The van der Waals surface area contributed by atoms with Crippen molar-refractivity contribution in [2.24, 2.45) is 0 Å². The lowest BCUT2D eigenvalue weighted by molar-refractivity contribution is -0.140. The summed E-state index contributed by atoms with van der Waals surface area (Å²) in [7, 11) is 1.28. The number of ether oxygens (including phenoxy) is 1. The Morgan fingerprint density at radius 1 is 1.12 bits per heavy atom. The summed E-state index contributed by atoms with van der Waals surface area (Å²) in [6.45, 7) is 0. The van der Waals surface area contributed by atoms with Crippen molar-refractivity contribution in [3.05, 3.63) is 76.1 Å². The van der Waals surface area contributed by atoms with E-state index in [0.717, 1.165) is 5.56 Å². The van der Waals surface area contributed by atoms with E-state index in [2.05, 4.69) is 0 Å². The number of methoxy groups -OCH3 is 1. The summed E-state index contributed by atoms with van der Waals surface area (Å²) in [4.78, 5) is 24.3. The number of hydrogen-bond acceptors (Lipinski definition) is 5. The Kier molecular flexibility index (Phi) is 4.33. The number of esters is 1. The molecule has 1 aromatic heterocycles. The van der Waals surface area contributed by atoms with Crippen LogP contribution in [0, 0.1) is 0 Å². The Bertz CT molecular complexity index is 927. The van der Waals surface area contributed by atoms with E-state index in [0.29, 0.717) is 11.0 Å². The highest BCUT2D eigenvalue weighted by molar-refractivity contribution is 5.84. The SMILES string of the molecule is COC(=O)CC(c1ccccc1)c1c(O)c2ccccc2oc1=O. The van der Waals surface area contributed by atoms with Gasteiger partial charge in [0.15, 0.2) is 0 Å². The van der Waals surface area contributed by atoms with Gasteiger partial charge in [0, 0.05) is 5.92 Å². The Labute approximate surface area is 138 Å². The van der Waals surface area contributed by atoms with Crippen molar-refractivity contribution in [1.29, 1.82) is 0 Å². The minimum Gasteiger partial charge on any atom is -0.507 e. The van der Waals surface area contributed by atoms with Gasteiger partial charge in [0.05, 0.1) is 24.5 Å². The second-order valence-electron chi connectivity index (χ2n) is 5.39. The molecule has 5 heteroatoms. The van der Waals surface area contributed by atoms with Crippen molar-refractivity contribution in [1.82, 2.24) is 0 Å². The maximum atomic E-state index is 12.5. The minimum atomic E-state index is -0.663. The van der Waals surface area contributed by atoms with Gasteiger partial charge in [-0.2, -0.15) is 0 Å². The van der Waals surface area contributed by atoms with E-state index in [1.807, 2.05) is 6.07 Å². The highest BCUT2D eigenvalue weighted by atomic mass is 16.5. The molecule has 3 aromatic rings. The van der Waals surface area contributed by atoms with Crippen molar-refractivity contribution < 1.29 is 19.1 Å². The smallest absolute Gasteiger partial charge is 0.343 e. The molecule has 24 heavy (non-hydrogen) atoms. The summed E-state index contributed by atoms with van der Waals surface area (Å²) >= 11 is 0. The van der Waals surface area contributed by atoms with Crippen LogP contribution < -0.4 is 5.63 Å². The van der Waals surface area contributed by atoms with Crippen molar-refractivity contribution in [3.63, 3.8) is 0 Å². The number of carbonyl (C=O) groups is 1. The van der Waals surface area contributed by atoms with Crippen LogP contribution in [0.25, 0.3) is 11.0 Å². The van der Waals surface area contributed by atoms with Crippen LogP contribution in [-0.2, 0) is 9.53 Å². The summed E-state index contributed by atoms with van der Waals surface area (Å²) < 4.78 is 10.1. The minimum absolute atomic E-state index is 0.0605. The molecule has 0 bridgehead atoms. The summed E-state index contributed by atoms with van der Waals surface area (Å²) in [6, 6.07) is 15.8. The second kappa shape index (κ2) is 6.58. The van der Waals surface area contributed by atoms with Crippen LogP contribution in [0.1, 0.15) is 23.5 Å². The van der Waals surface area contributed by atoms with Gasteiger partial charge in [-0.15, -0.1) is 0 Å². The highest BCUT2D eigenvalue weighted by Gasteiger charge is 2.27. The number of para-hydroxylation sites is 1. The van der Waals surface area contributed by atoms with E-state index in [-0.39, 0.29) is 17.7 Å². The van der Waals surface area contributed by atoms with E-state index < -0.39 is 17.5 Å². The number of aromatic hydroxyl groups is 1. The monoisotopic (exact) mass is 324 g/mol. The lowest BCUT2D eigenvalue weighted by Gasteiger charge is -2.17. The maximum Gasteiger partial charge on any atom is 0.343 e. The fourth-order valence-electron chi connectivity index (χ4n) is 2.78.